The fourth-order valence-corrected chi connectivity index (χ4v) is 6.13. The van der Waals surface area contributed by atoms with Gasteiger partial charge in [0.15, 0.2) is 11.6 Å². The first kappa shape index (κ1) is 26.0. The van der Waals surface area contributed by atoms with Gasteiger partial charge in [-0.1, -0.05) is 11.6 Å². The second kappa shape index (κ2) is 10.3. The molecule has 0 radical (unpaired) electrons. The minimum absolute atomic E-state index is 0.0463. The number of aromatic nitrogens is 2. The molecule has 7 nitrogen and oxygen atoms in total. The van der Waals surface area contributed by atoms with E-state index >= 15 is 4.39 Å². The summed E-state index contributed by atoms with van der Waals surface area (Å²) in [6.07, 6.45) is -1.78. The van der Waals surface area contributed by atoms with Crippen molar-refractivity contribution in [3.05, 3.63) is 15.3 Å². The van der Waals surface area contributed by atoms with Gasteiger partial charge >= 0.3 is 6.01 Å². The average Bonchev–Trinajstić information content (AvgIpc) is 3.35. The number of ether oxygens (including phenoxy) is 3. The SMILES string of the molecule is COCC1CCN(CC(F)F)c2nc(OC[C@@]34CCCN3C[C@H](F)C4)nc3c(F)c(Br)c(Cl)c(c23)O1. The molecule has 0 aliphatic carbocycles. The van der Waals surface area contributed by atoms with E-state index < -0.39 is 36.6 Å². The molecule has 0 N–H and O–H groups in total. The highest BCUT2D eigenvalue weighted by Gasteiger charge is 2.49. The summed E-state index contributed by atoms with van der Waals surface area (Å²) < 4.78 is 74.0. The number of hydrogen-bond acceptors (Lipinski definition) is 7. The van der Waals surface area contributed by atoms with Crippen LogP contribution in [0.2, 0.25) is 5.02 Å². The highest BCUT2D eigenvalue weighted by atomic mass is 79.9. The fraction of sp³-hybridized carbons (Fsp3) is 0.652. The van der Waals surface area contributed by atoms with Crippen molar-refractivity contribution >= 4 is 44.3 Å². The zero-order chi connectivity index (χ0) is 25.6. The molecule has 3 aliphatic rings. The van der Waals surface area contributed by atoms with Gasteiger partial charge in [0.2, 0.25) is 0 Å². The van der Waals surface area contributed by atoms with Crippen LogP contribution in [0.3, 0.4) is 0 Å². The lowest BCUT2D eigenvalue weighted by atomic mass is 9.95. The lowest BCUT2D eigenvalue weighted by molar-refractivity contribution is 0.0760. The molecule has 0 saturated carbocycles. The molecule has 1 unspecified atom stereocenters. The number of rotatable bonds is 7. The second-order valence-electron chi connectivity index (χ2n) is 9.51. The zero-order valence-corrected chi connectivity index (χ0v) is 21.9. The molecule has 2 aromatic rings. The van der Waals surface area contributed by atoms with Gasteiger partial charge in [0.25, 0.3) is 6.43 Å². The van der Waals surface area contributed by atoms with E-state index in [1.165, 1.54) is 12.0 Å². The van der Waals surface area contributed by atoms with Crippen LogP contribution in [-0.2, 0) is 4.74 Å². The van der Waals surface area contributed by atoms with Gasteiger partial charge in [-0.2, -0.15) is 9.97 Å². The largest absolute Gasteiger partial charge is 0.485 e. The van der Waals surface area contributed by atoms with Gasteiger partial charge in [0.05, 0.1) is 28.5 Å². The van der Waals surface area contributed by atoms with E-state index in [1.807, 2.05) is 0 Å². The minimum Gasteiger partial charge on any atom is -0.485 e. The summed E-state index contributed by atoms with van der Waals surface area (Å²) >= 11 is 9.60. The number of hydrogen-bond donors (Lipinski definition) is 0. The van der Waals surface area contributed by atoms with E-state index in [1.54, 1.807) is 0 Å². The lowest BCUT2D eigenvalue weighted by Crippen LogP contribution is -2.43. The first-order valence-electron chi connectivity index (χ1n) is 11.8. The summed E-state index contributed by atoms with van der Waals surface area (Å²) in [5.74, 6) is -0.661. The number of halogens is 6. The molecule has 2 fully saturated rings. The van der Waals surface area contributed by atoms with E-state index in [4.69, 9.17) is 25.8 Å². The molecule has 3 atom stereocenters. The zero-order valence-electron chi connectivity index (χ0n) is 19.6. The molecule has 1 aromatic heterocycles. The quantitative estimate of drug-likeness (QED) is 0.329. The molecule has 0 spiro atoms. The third-order valence-electron chi connectivity index (χ3n) is 7.14. The summed E-state index contributed by atoms with van der Waals surface area (Å²) in [4.78, 5) is 12.2. The van der Waals surface area contributed by atoms with Gasteiger partial charge < -0.3 is 19.1 Å². The lowest BCUT2D eigenvalue weighted by Gasteiger charge is -2.32. The Morgan fingerprint density at radius 3 is 2.86 bits per heavy atom. The maximum absolute atomic E-state index is 15.5. The third-order valence-corrected chi connectivity index (χ3v) is 8.47. The van der Waals surface area contributed by atoms with Gasteiger partial charge in [-0.15, -0.1) is 0 Å². The summed E-state index contributed by atoms with van der Waals surface area (Å²) in [5, 5.41) is 0.0267. The van der Waals surface area contributed by atoms with E-state index in [2.05, 4.69) is 30.8 Å². The predicted octanol–water partition coefficient (Wildman–Crippen LogP) is 5.01. The maximum Gasteiger partial charge on any atom is 0.319 e. The smallest absolute Gasteiger partial charge is 0.319 e. The van der Waals surface area contributed by atoms with Crippen molar-refractivity contribution < 1.29 is 31.8 Å². The van der Waals surface area contributed by atoms with Crippen LogP contribution in [0.25, 0.3) is 10.9 Å². The second-order valence-corrected chi connectivity index (χ2v) is 10.7. The Hall–Kier alpha value is -1.63. The Labute approximate surface area is 219 Å². The van der Waals surface area contributed by atoms with Crippen LogP contribution in [0.5, 0.6) is 11.8 Å². The van der Waals surface area contributed by atoms with Crippen LogP contribution in [0.1, 0.15) is 25.7 Å². The molecule has 0 amide bonds. The van der Waals surface area contributed by atoms with Gasteiger partial charge in [-0.05, 0) is 35.3 Å². The van der Waals surface area contributed by atoms with Crippen LogP contribution in [0.4, 0.5) is 23.4 Å². The highest BCUT2D eigenvalue weighted by Crippen LogP contribution is 2.47. The number of fused-ring (bicyclic) bond motifs is 1. The first-order valence-corrected chi connectivity index (χ1v) is 13.0. The molecule has 5 rings (SSSR count). The van der Waals surface area contributed by atoms with Crippen LogP contribution in [-0.4, -0.2) is 85.6 Å². The molecule has 198 valence electrons. The molecular weight excluding hydrogens is 572 g/mol. The predicted molar refractivity (Wildman–Crippen MR) is 130 cm³/mol. The number of anilines is 1. The maximum atomic E-state index is 15.5. The van der Waals surface area contributed by atoms with E-state index in [9.17, 15) is 13.2 Å². The van der Waals surface area contributed by atoms with Crippen molar-refractivity contribution in [1.82, 2.24) is 14.9 Å². The molecule has 1 aromatic carbocycles. The van der Waals surface area contributed by atoms with E-state index in [0.717, 1.165) is 19.4 Å². The fourth-order valence-electron chi connectivity index (χ4n) is 5.54. The van der Waals surface area contributed by atoms with E-state index in [0.29, 0.717) is 19.4 Å². The van der Waals surface area contributed by atoms with Crippen molar-refractivity contribution in [2.75, 3.05) is 51.4 Å². The molecular formula is C23H26BrClF4N4O3. The first-order chi connectivity index (χ1) is 17.2. The van der Waals surface area contributed by atoms with Crippen molar-refractivity contribution in [1.29, 1.82) is 0 Å². The molecule has 4 heterocycles. The molecule has 13 heteroatoms. The number of nitrogens with zero attached hydrogens (tertiary/aromatic N) is 4. The number of methoxy groups -OCH3 is 1. The summed E-state index contributed by atoms with van der Waals surface area (Å²) in [7, 11) is 1.50. The van der Waals surface area contributed by atoms with Crippen molar-refractivity contribution in [2.45, 2.75) is 49.9 Å². The molecule has 0 bridgehead atoms. The molecule has 36 heavy (non-hydrogen) atoms. The van der Waals surface area contributed by atoms with Crippen LogP contribution in [0, 0.1) is 5.82 Å². The van der Waals surface area contributed by atoms with Gasteiger partial charge in [-0.25, -0.2) is 17.6 Å². The van der Waals surface area contributed by atoms with Gasteiger partial charge in [0.1, 0.15) is 35.2 Å². The van der Waals surface area contributed by atoms with Crippen molar-refractivity contribution in [3.63, 3.8) is 0 Å². The van der Waals surface area contributed by atoms with Gasteiger partial charge in [-0.3, -0.25) is 4.90 Å². The normalized spacial score (nSPS) is 26.3. The Kier molecular flexibility index (Phi) is 7.41. The summed E-state index contributed by atoms with van der Waals surface area (Å²) in [6, 6.07) is -0.173. The topological polar surface area (TPSA) is 60.0 Å². The van der Waals surface area contributed by atoms with Crippen LogP contribution in [0.15, 0.2) is 4.47 Å². The molecule has 3 aliphatic heterocycles. The summed E-state index contributed by atoms with van der Waals surface area (Å²) in [6.45, 7) is 0.933. The molecule has 2 saturated heterocycles. The summed E-state index contributed by atoms with van der Waals surface area (Å²) in [5.41, 5.74) is -0.651. The van der Waals surface area contributed by atoms with Crippen LogP contribution < -0.4 is 14.4 Å². The standard InChI is InChI=1S/C23H26BrClF4N4O3/c1-34-10-13-3-6-32(9-14(27)28)21-15-19(18(29)16(24)17(25)20(15)36-13)30-22(31-21)35-11-23-4-2-5-33(23)8-12(26)7-23/h12-14H,2-11H2,1H3/t12-,13?,23+/m1/s1. The highest BCUT2D eigenvalue weighted by molar-refractivity contribution is 9.10. The van der Waals surface area contributed by atoms with Gasteiger partial charge in [0, 0.05) is 33.0 Å². The van der Waals surface area contributed by atoms with Crippen molar-refractivity contribution in [3.8, 4) is 11.8 Å². The Bertz CT molecular complexity index is 1150. The van der Waals surface area contributed by atoms with Crippen LogP contribution >= 0.6 is 27.5 Å². The third kappa shape index (κ3) is 4.69. The number of alkyl halides is 3. The van der Waals surface area contributed by atoms with Crippen molar-refractivity contribution in [2.24, 2.45) is 0 Å². The minimum atomic E-state index is -2.68. The Morgan fingerprint density at radius 1 is 1.31 bits per heavy atom. The monoisotopic (exact) mass is 596 g/mol. The Morgan fingerprint density at radius 2 is 2.11 bits per heavy atom. The number of benzene rings is 1. The Balaban J connectivity index is 1.60. The average molecular weight is 598 g/mol. The van der Waals surface area contributed by atoms with E-state index in [-0.39, 0.29) is 57.7 Å².